The maximum atomic E-state index is 11.7. The van der Waals surface area contributed by atoms with Gasteiger partial charge < -0.3 is 4.57 Å². The fraction of sp³-hybridized carbons (Fsp3) is 0.786. The number of thioether (sulfide) groups is 1. The predicted octanol–water partition coefficient (Wildman–Crippen LogP) is 2.40. The normalized spacial score (nSPS) is 21.6. The molecule has 0 spiro atoms. The van der Waals surface area contributed by atoms with E-state index in [0.29, 0.717) is 19.0 Å². The number of sulfonamides is 1. The van der Waals surface area contributed by atoms with Crippen LogP contribution in [0.4, 0.5) is 0 Å². The van der Waals surface area contributed by atoms with E-state index >= 15 is 0 Å². The highest BCUT2D eigenvalue weighted by molar-refractivity contribution is 7.99. The molecule has 0 saturated carbocycles. The molecule has 1 aliphatic heterocycles. The van der Waals surface area contributed by atoms with Crippen LogP contribution in [0.2, 0.25) is 0 Å². The van der Waals surface area contributed by atoms with Crippen molar-refractivity contribution in [2.45, 2.75) is 44.3 Å². The van der Waals surface area contributed by atoms with Gasteiger partial charge in [0.1, 0.15) is 0 Å². The molecule has 0 N–H and O–H groups in total. The largest absolute Gasteiger partial charge is 0.321 e. The Labute approximate surface area is 132 Å². The summed E-state index contributed by atoms with van der Waals surface area (Å²) in [4.78, 5) is 4.43. The van der Waals surface area contributed by atoms with Crippen LogP contribution in [0.3, 0.4) is 0 Å². The Morgan fingerprint density at radius 3 is 2.76 bits per heavy atom. The molecule has 1 aromatic heterocycles. The Balaban J connectivity index is 1.96. The zero-order valence-electron chi connectivity index (χ0n) is 13.2. The van der Waals surface area contributed by atoms with E-state index in [-0.39, 0.29) is 5.54 Å². The molecule has 7 heteroatoms. The quantitative estimate of drug-likeness (QED) is 0.795. The molecule has 0 bridgehead atoms. The van der Waals surface area contributed by atoms with Crippen molar-refractivity contribution in [3.63, 3.8) is 0 Å². The van der Waals surface area contributed by atoms with Crippen molar-refractivity contribution in [1.29, 1.82) is 0 Å². The zero-order chi connectivity index (χ0) is 15.7. The highest BCUT2D eigenvalue weighted by Gasteiger charge is 2.26. The van der Waals surface area contributed by atoms with Crippen LogP contribution in [0.25, 0.3) is 0 Å². The summed E-state index contributed by atoms with van der Waals surface area (Å²) in [7, 11) is -3.06. The second kappa shape index (κ2) is 6.30. The lowest BCUT2D eigenvalue weighted by molar-refractivity contribution is 0.286. The van der Waals surface area contributed by atoms with E-state index in [1.165, 1.54) is 6.26 Å². The van der Waals surface area contributed by atoms with E-state index in [1.54, 1.807) is 16.1 Å². The van der Waals surface area contributed by atoms with Crippen LogP contribution in [0.15, 0.2) is 17.6 Å². The summed E-state index contributed by atoms with van der Waals surface area (Å²) < 4.78 is 27.1. The van der Waals surface area contributed by atoms with Crippen LogP contribution in [0, 0.1) is 5.92 Å². The predicted molar refractivity (Wildman–Crippen MR) is 87.1 cm³/mol. The van der Waals surface area contributed by atoms with E-state index in [2.05, 4.69) is 30.3 Å². The lowest BCUT2D eigenvalue weighted by Crippen LogP contribution is -2.40. The average molecular weight is 332 g/mol. The minimum Gasteiger partial charge on any atom is -0.321 e. The summed E-state index contributed by atoms with van der Waals surface area (Å²) in [6.45, 7) is 7.78. The number of hydrogen-bond acceptors (Lipinski definition) is 4. The number of hydrogen-bond donors (Lipinski definition) is 0. The summed E-state index contributed by atoms with van der Waals surface area (Å²) >= 11 is 1.73. The molecule has 1 aliphatic rings. The Morgan fingerprint density at radius 2 is 2.14 bits per heavy atom. The summed E-state index contributed by atoms with van der Waals surface area (Å²) in [5, 5.41) is 1.01. The van der Waals surface area contributed by atoms with Gasteiger partial charge in [0.15, 0.2) is 5.16 Å². The lowest BCUT2D eigenvalue weighted by atomic mass is 10.0. The Hall–Kier alpha value is -0.530. The van der Waals surface area contributed by atoms with Gasteiger partial charge in [0.25, 0.3) is 0 Å². The topological polar surface area (TPSA) is 55.2 Å². The van der Waals surface area contributed by atoms with Gasteiger partial charge in [0, 0.05) is 36.8 Å². The Morgan fingerprint density at radius 1 is 1.43 bits per heavy atom. The molecular formula is C14H25N3O2S2. The second-order valence-electron chi connectivity index (χ2n) is 6.69. The Kier molecular flexibility index (Phi) is 5.05. The minimum atomic E-state index is -3.06. The monoisotopic (exact) mass is 331 g/mol. The van der Waals surface area contributed by atoms with Gasteiger partial charge in [0.2, 0.25) is 10.0 Å². The number of imidazole rings is 1. The van der Waals surface area contributed by atoms with E-state index in [0.717, 1.165) is 23.8 Å². The first-order chi connectivity index (χ1) is 9.68. The standard InChI is InChI=1S/C14H25N3O2S2/c1-14(2,3)17-9-7-15-13(17)20-11-12-6-5-8-16(10-12)21(4,18)19/h7,9,12H,5-6,8,10-11H2,1-4H3/t12-/m1/s1. The molecule has 0 unspecified atom stereocenters. The van der Waals surface area contributed by atoms with Crippen molar-refractivity contribution >= 4 is 21.8 Å². The summed E-state index contributed by atoms with van der Waals surface area (Å²) in [5.74, 6) is 1.32. The molecule has 0 aliphatic carbocycles. The van der Waals surface area contributed by atoms with Crippen molar-refractivity contribution in [2.75, 3.05) is 25.1 Å². The van der Waals surface area contributed by atoms with Crippen molar-refractivity contribution in [1.82, 2.24) is 13.9 Å². The van der Waals surface area contributed by atoms with Gasteiger partial charge in [-0.3, -0.25) is 0 Å². The molecule has 1 fully saturated rings. The molecule has 1 aromatic rings. The molecular weight excluding hydrogens is 306 g/mol. The van der Waals surface area contributed by atoms with Gasteiger partial charge in [0.05, 0.1) is 6.26 Å². The summed E-state index contributed by atoms with van der Waals surface area (Å²) in [5.41, 5.74) is 0.0180. The van der Waals surface area contributed by atoms with Crippen LogP contribution >= 0.6 is 11.8 Å². The average Bonchev–Trinajstić information content (AvgIpc) is 2.84. The number of piperidine rings is 1. The molecule has 120 valence electrons. The third-order valence-corrected chi connectivity index (χ3v) is 6.20. The first-order valence-electron chi connectivity index (χ1n) is 7.29. The molecule has 2 heterocycles. The van der Waals surface area contributed by atoms with E-state index in [4.69, 9.17) is 0 Å². The summed E-state index contributed by atoms with van der Waals surface area (Å²) in [6, 6.07) is 0. The minimum absolute atomic E-state index is 0.0180. The van der Waals surface area contributed by atoms with Gasteiger partial charge in [-0.2, -0.15) is 0 Å². The van der Waals surface area contributed by atoms with E-state index in [9.17, 15) is 8.42 Å². The zero-order valence-corrected chi connectivity index (χ0v) is 14.9. The number of rotatable bonds is 4. The van der Waals surface area contributed by atoms with Crippen LogP contribution in [0.5, 0.6) is 0 Å². The molecule has 5 nitrogen and oxygen atoms in total. The van der Waals surface area contributed by atoms with E-state index in [1.807, 2.05) is 12.4 Å². The van der Waals surface area contributed by atoms with E-state index < -0.39 is 10.0 Å². The third-order valence-electron chi connectivity index (χ3n) is 3.73. The van der Waals surface area contributed by atoms with Gasteiger partial charge in [-0.15, -0.1) is 0 Å². The van der Waals surface area contributed by atoms with Crippen molar-refractivity contribution in [3.8, 4) is 0 Å². The fourth-order valence-corrected chi connectivity index (χ4v) is 4.77. The van der Waals surface area contributed by atoms with Crippen LogP contribution < -0.4 is 0 Å². The highest BCUT2D eigenvalue weighted by atomic mass is 32.2. The molecule has 0 aromatic carbocycles. The van der Waals surface area contributed by atoms with Crippen LogP contribution in [-0.2, 0) is 15.6 Å². The molecule has 0 radical (unpaired) electrons. The van der Waals surface area contributed by atoms with Crippen molar-refractivity contribution in [3.05, 3.63) is 12.4 Å². The summed E-state index contributed by atoms with van der Waals surface area (Å²) in [6.07, 6.45) is 7.18. The second-order valence-corrected chi connectivity index (χ2v) is 9.66. The molecule has 21 heavy (non-hydrogen) atoms. The maximum Gasteiger partial charge on any atom is 0.211 e. The maximum absolute atomic E-state index is 11.7. The smallest absolute Gasteiger partial charge is 0.211 e. The molecule has 1 atom stereocenters. The first-order valence-corrected chi connectivity index (χ1v) is 10.1. The first kappa shape index (κ1) is 16.8. The van der Waals surface area contributed by atoms with Crippen molar-refractivity contribution in [2.24, 2.45) is 5.92 Å². The third kappa shape index (κ3) is 4.47. The fourth-order valence-electron chi connectivity index (χ4n) is 2.56. The Bertz CT molecular complexity index is 575. The van der Waals surface area contributed by atoms with Gasteiger partial charge >= 0.3 is 0 Å². The molecule has 0 amide bonds. The molecule has 2 rings (SSSR count). The van der Waals surface area contributed by atoms with Gasteiger partial charge in [-0.05, 0) is 39.5 Å². The number of aromatic nitrogens is 2. The lowest BCUT2D eigenvalue weighted by Gasteiger charge is -2.31. The number of nitrogens with zero attached hydrogens (tertiary/aromatic N) is 3. The highest BCUT2D eigenvalue weighted by Crippen LogP contribution is 2.28. The van der Waals surface area contributed by atoms with Gasteiger partial charge in [-0.25, -0.2) is 17.7 Å². The van der Waals surface area contributed by atoms with Crippen LogP contribution in [0.1, 0.15) is 33.6 Å². The van der Waals surface area contributed by atoms with Crippen molar-refractivity contribution < 1.29 is 8.42 Å². The SMILES string of the molecule is CC(C)(C)n1ccnc1SC[C@@H]1CCCN(S(C)(=O)=O)C1. The van der Waals surface area contributed by atoms with Crippen LogP contribution in [-0.4, -0.2) is 47.4 Å². The molecule has 1 saturated heterocycles. The van der Waals surface area contributed by atoms with Gasteiger partial charge in [-0.1, -0.05) is 11.8 Å².